The van der Waals surface area contributed by atoms with Crippen LogP contribution in [-0.2, 0) is 14.9 Å². The maximum atomic E-state index is 13.1. The molecule has 2 aliphatic rings. The molecule has 0 unspecified atom stereocenters. The molecule has 0 atom stereocenters. The highest BCUT2D eigenvalue weighted by atomic mass is 16.5. The number of aryl methyl sites for hydroxylation is 1. The van der Waals surface area contributed by atoms with Gasteiger partial charge in [0.05, 0.1) is 5.41 Å². The minimum absolute atomic E-state index is 0.206. The highest BCUT2D eigenvalue weighted by Crippen LogP contribution is 2.48. The second kappa shape index (κ2) is 6.11. The Morgan fingerprint density at radius 1 is 1.24 bits per heavy atom. The van der Waals surface area contributed by atoms with Gasteiger partial charge in [0, 0.05) is 43.5 Å². The number of carbonyl (C=O) groups excluding carboxylic acids is 1. The lowest BCUT2D eigenvalue weighted by Gasteiger charge is -2.32. The summed E-state index contributed by atoms with van der Waals surface area (Å²) in [6, 6.07) is 6.09. The molecule has 1 fully saturated rings. The fraction of sp³-hybridized carbons (Fsp3) is 0.421. The summed E-state index contributed by atoms with van der Waals surface area (Å²) in [5.74, 6) is 0.764. The van der Waals surface area contributed by atoms with Gasteiger partial charge in [0.1, 0.15) is 0 Å². The molecule has 1 aromatic carbocycles. The number of nitrogens with one attached hydrogen (secondary N) is 1. The zero-order valence-electron chi connectivity index (χ0n) is 14.6. The normalized spacial score (nSPS) is 18.5. The van der Waals surface area contributed by atoms with E-state index in [0.717, 1.165) is 35.3 Å². The largest absolute Gasteiger partial charge is 0.381 e. The molecule has 0 saturated carbocycles. The van der Waals surface area contributed by atoms with Crippen molar-refractivity contribution in [2.75, 3.05) is 30.0 Å². The van der Waals surface area contributed by atoms with Crippen LogP contribution < -0.4 is 10.2 Å². The predicted molar refractivity (Wildman–Crippen MR) is 96.3 cm³/mol. The molecule has 0 radical (unpaired) electrons. The second-order valence-corrected chi connectivity index (χ2v) is 6.68. The van der Waals surface area contributed by atoms with E-state index < -0.39 is 5.41 Å². The van der Waals surface area contributed by atoms with Crippen LogP contribution >= 0.6 is 0 Å². The number of carbonyl (C=O) groups is 1. The fourth-order valence-electron chi connectivity index (χ4n) is 3.82. The van der Waals surface area contributed by atoms with E-state index in [-0.39, 0.29) is 5.91 Å². The van der Waals surface area contributed by atoms with Crippen LogP contribution in [0.15, 0.2) is 30.6 Å². The summed E-state index contributed by atoms with van der Waals surface area (Å²) in [6.07, 6.45) is 5.04. The van der Waals surface area contributed by atoms with Gasteiger partial charge in [0.2, 0.25) is 11.9 Å². The molecule has 4 rings (SSSR count). The van der Waals surface area contributed by atoms with E-state index in [2.05, 4.69) is 21.4 Å². The van der Waals surface area contributed by atoms with Gasteiger partial charge in [-0.2, -0.15) is 0 Å². The first kappa shape index (κ1) is 16.0. The smallest absolute Gasteiger partial charge is 0.237 e. The molecule has 1 saturated heterocycles. The second-order valence-electron chi connectivity index (χ2n) is 6.68. The van der Waals surface area contributed by atoms with Crippen LogP contribution in [0.2, 0.25) is 0 Å². The van der Waals surface area contributed by atoms with E-state index in [1.54, 1.807) is 12.4 Å². The van der Waals surface area contributed by atoms with Crippen LogP contribution in [0.3, 0.4) is 0 Å². The SMILES string of the molecule is CCN1C(=O)C2(CCOCC2)c2cc(Nc3ncc(C)cn3)ccc21. The summed E-state index contributed by atoms with van der Waals surface area (Å²) in [4.78, 5) is 23.6. The molecule has 1 N–H and O–H groups in total. The number of hydrogen-bond acceptors (Lipinski definition) is 5. The number of nitrogens with zero attached hydrogens (tertiary/aromatic N) is 3. The van der Waals surface area contributed by atoms with Crippen molar-refractivity contribution in [3.05, 3.63) is 41.7 Å². The number of hydrogen-bond donors (Lipinski definition) is 1. The molecule has 1 aromatic heterocycles. The third-order valence-corrected chi connectivity index (χ3v) is 5.16. The first-order chi connectivity index (χ1) is 12.1. The molecule has 6 nitrogen and oxygen atoms in total. The quantitative estimate of drug-likeness (QED) is 0.932. The monoisotopic (exact) mass is 338 g/mol. The van der Waals surface area contributed by atoms with Gasteiger partial charge in [-0.05, 0) is 56.0 Å². The summed E-state index contributed by atoms with van der Waals surface area (Å²) in [7, 11) is 0. The van der Waals surface area contributed by atoms with E-state index in [1.807, 2.05) is 30.9 Å². The van der Waals surface area contributed by atoms with Crippen molar-refractivity contribution >= 4 is 23.2 Å². The molecule has 6 heteroatoms. The van der Waals surface area contributed by atoms with E-state index in [1.165, 1.54) is 0 Å². The maximum absolute atomic E-state index is 13.1. The third kappa shape index (κ3) is 2.57. The number of benzene rings is 1. The first-order valence-corrected chi connectivity index (χ1v) is 8.74. The predicted octanol–water partition coefficient (Wildman–Crippen LogP) is 2.94. The average molecular weight is 338 g/mol. The number of rotatable bonds is 3. The van der Waals surface area contributed by atoms with E-state index >= 15 is 0 Å². The third-order valence-electron chi connectivity index (χ3n) is 5.16. The van der Waals surface area contributed by atoms with Crippen LogP contribution in [0.1, 0.15) is 30.9 Å². The molecule has 0 bridgehead atoms. The lowest BCUT2D eigenvalue weighted by Crippen LogP contribution is -2.44. The Morgan fingerprint density at radius 2 is 1.96 bits per heavy atom. The van der Waals surface area contributed by atoms with E-state index in [0.29, 0.717) is 25.7 Å². The Hall–Kier alpha value is -2.47. The van der Waals surface area contributed by atoms with Crippen molar-refractivity contribution in [2.24, 2.45) is 0 Å². The topological polar surface area (TPSA) is 67.3 Å². The number of likely N-dealkylation sites (N-methyl/N-ethyl adjacent to an activating group) is 1. The summed E-state index contributed by atoms with van der Waals surface area (Å²) in [6.45, 7) is 5.91. The Kier molecular flexibility index (Phi) is 3.92. The van der Waals surface area contributed by atoms with E-state index in [4.69, 9.17) is 4.74 Å². The Balaban J connectivity index is 1.72. The van der Waals surface area contributed by atoms with Crippen molar-refractivity contribution in [1.29, 1.82) is 0 Å². The molecule has 2 aromatic rings. The number of fused-ring (bicyclic) bond motifs is 2. The Labute approximate surface area is 147 Å². The van der Waals surface area contributed by atoms with Crippen molar-refractivity contribution in [1.82, 2.24) is 9.97 Å². The minimum atomic E-state index is -0.449. The van der Waals surface area contributed by atoms with Crippen molar-refractivity contribution in [3.63, 3.8) is 0 Å². The zero-order chi connectivity index (χ0) is 17.4. The van der Waals surface area contributed by atoms with Crippen LogP contribution in [0.4, 0.5) is 17.3 Å². The van der Waals surface area contributed by atoms with Gasteiger partial charge in [-0.25, -0.2) is 9.97 Å². The van der Waals surface area contributed by atoms with Gasteiger partial charge in [-0.15, -0.1) is 0 Å². The van der Waals surface area contributed by atoms with E-state index in [9.17, 15) is 4.79 Å². The van der Waals surface area contributed by atoms with Gasteiger partial charge in [0.15, 0.2) is 0 Å². The van der Waals surface area contributed by atoms with Crippen LogP contribution in [0.5, 0.6) is 0 Å². The van der Waals surface area contributed by atoms with Crippen LogP contribution in [0, 0.1) is 6.92 Å². The Bertz CT molecular complexity index is 798. The highest BCUT2D eigenvalue weighted by molar-refractivity contribution is 6.08. The van der Waals surface area contributed by atoms with Gasteiger partial charge < -0.3 is 15.0 Å². The van der Waals surface area contributed by atoms with Crippen molar-refractivity contribution in [2.45, 2.75) is 32.1 Å². The molecule has 25 heavy (non-hydrogen) atoms. The maximum Gasteiger partial charge on any atom is 0.237 e. The standard InChI is InChI=1S/C19H22N4O2/c1-3-23-16-5-4-14(22-18-20-11-13(2)12-21-18)10-15(16)19(17(23)24)6-8-25-9-7-19/h4-5,10-12H,3,6-9H2,1-2H3,(H,20,21,22). The molecule has 0 aliphatic carbocycles. The molecule has 1 spiro atoms. The molecule has 2 aliphatic heterocycles. The fourth-order valence-corrected chi connectivity index (χ4v) is 3.82. The van der Waals surface area contributed by atoms with Crippen LogP contribution in [-0.4, -0.2) is 35.6 Å². The summed E-state index contributed by atoms with van der Waals surface area (Å²) in [5.41, 5.74) is 3.59. The Morgan fingerprint density at radius 3 is 2.64 bits per heavy atom. The van der Waals surface area contributed by atoms with Gasteiger partial charge in [-0.3, -0.25) is 4.79 Å². The van der Waals surface area contributed by atoms with Gasteiger partial charge >= 0.3 is 0 Å². The first-order valence-electron chi connectivity index (χ1n) is 8.74. The highest BCUT2D eigenvalue weighted by Gasteiger charge is 2.51. The summed E-state index contributed by atoms with van der Waals surface area (Å²) >= 11 is 0. The zero-order valence-corrected chi connectivity index (χ0v) is 14.6. The van der Waals surface area contributed by atoms with Crippen LogP contribution in [0.25, 0.3) is 0 Å². The van der Waals surface area contributed by atoms with Gasteiger partial charge in [0.25, 0.3) is 0 Å². The lowest BCUT2D eigenvalue weighted by molar-refractivity contribution is -0.126. The van der Waals surface area contributed by atoms with Crippen molar-refractivity contribution in [3.8, 4) is 0 Å². The minimum Gasteiger partial charge on any atom is -0.381 e. The number of anilines is 3. The molecule has 3 heterocycles. The molecule has 1 amide bonds. The van der Waals surface area contributed by atoms with Gasteiger partial charge in [-0.1, -0.05) is 0 Å². The number of ether oxygens (including phenoxy) is 1. The average Bonchev–Trinajstić information content (AvgIpc) is 2.86. The molecular weight excluding hydrogens is 316 g/mol. The molecular formula is C19H22N4O2. The summed E-state index contributed by atoms with van der Waals surface area (Å²) in [5, 5.41) is 3.25. The molecule has 130 valence electrons. The summed E-state index contributed by atoms with van der Waals surface area (Å²) < 4.78 is 5.52. The van der Waals surface area contributed by atoms with Crippen molar-refractivity contribution < 1.29 is 9.53 Å². The lowest BCUT2D eigenvalue weighted by atomic mass is 9.75. The number of amides is 1. The number of aromatic nitrogens is 2.